The molecule has 6 N–H and O–H groups in total. The van der Waals surface area contributed by atoms with E-state index in [-0.39, 0.29) is 41.7 Å². The third-order valence-corrected chi connectivity index (χ3v) is 8.29. The summed E-state index contributed by atoms with van der Waals surface area (Å²) in [6.45, 7) is 0. The number of aliphatic hydroxyl groups excluding tert-OH is 2. The van der Waals surface area contributed by atoms with Crippen molar-refractivity contribution < 1.29 is 43.2 Å². The molecule has 0 saturated heterocycles. The number of benzene rings is 1. The fourth-order valence-corrected chi connectivity index (χ4v) is 6.03. The highest BCUT2D eigenvalue weighted by Crippen LogP contribution is 2.53. The molecule has 1 saturated carbocycles. The van der Waals surface area contributed by atoms with Crippen molar-refractivity contribution in [2.24, 2.45) is 17.6 Å². The number of hydrogen-bond acceptors (Lipinski definition) is 10. The van der Waals surface area contributed by atoms with Gasteiger partial charge in [0.15, 0.2) is 11.4 Å². The van der Waals surface area contributed by atoms with Crippen LogP contribution in [0.15, 0.2) is 23.0 Å². The van der Waals surface area contributed by atoms with Crippen LogP contribution in [0.25, 0.3) is 5.76 Å². The van der Waals surface area contributed by atoms with Gasteiger partial charge in [-0.2, -0.15) is 0 Å². The molecule has 1 aromatic carbocycles. The van der Waals surface area contributed by atoms with E-state index in [1.165, 1.54) is 0 Å². The summed E-state index contributed by atoms with van der Waals surface area (Å²) in [6.07, 6.45) is 0.898. The summed E-state index contributed by atoms with van der Waals surface area (Å²) in [5.41, 5.74) is 2.58. The highest BCUT2D eigenvalue weighted by molar-refractivity contribution is 7.90. The molecular weight excluding hydrogens is 516 g/mol. The molecule has 3 aliphatic rings. The van der Waals surface area contributed by atoms with Gasteiger partial charge in [0.25, 0.3) is 5.91 Å². The van der Waals surface area contributed by atoms with Crippen molar-refractivity contribution in [3.8, 4) is 17.6 Å². The number of aliphatic hydroxyl groups is 3. The molecule has 1 aromatic rings. The highest BCUT2D eigenvalue weighted by atomic mass is 32.2. The van der Waals surface area contributed by atoms with E-state index < -0.39 is 74.0 Å². The molecule has 0 aliphatic heterocycles. The number of Topliss-reactive ketones (excluding diaryl/α,β-unsaturated/α-hetero) is 2. The number of anilines is 1. The van der Waals surface area contributed by atoms with Crippen molar-refractivity contribution in [1.82, 2.24) is 0 Å². The number of ketones is 2. The van der Waals surface area contributed by atoms with Gasteiger partial charge in [0.1, 0.15) is 32.7 Å². The Morgan fingerprint density at radius 3 is 2.45 bits per heavy atom. The molecule has 202 valence electrons. The number of carbonyl (C=O) groups is 3. The minimum atomic E-state index is -3.24. The minimum Gasteiger partial charge on any atom is -0.508 e. The zero-order chi connectivity index (χ0) is 28.3. The van der Waals surface area contributed by atoms with E-state index in [1.807, 2.05) is 0 Å². The molecule has 3 aliphatic carbocycles. The average Bonchev–Trinajstić information content (AvgIpc) is 2.79. The second-order valence-corrected chi connectivity index (χ2v) is 12.4. The van der Waals surface area contributed by atoms with Crippen LogP contribution in [-0.2, 0) is 30.6 Å². The topological polar surface area (TPSA) is 196 Å². The maximum atomic E-state index is 13.6. The molecule has 3 atom stereocenters. The summed E-state index contributed by atoms with van der Waals surface area (Å²) in [4.78, 5) is 39.6. The number of hydrogen-bond donors (Lipinski definition) is 5. The first kappa shape index (κ1) is 27.2. The molecule has 38 heavy (non-hydrogen) atoms. The second kappa shape index (κ2) is 9.18. The number of nitrogens with two attached hydrogens (primary N) is 1. The van der Waals surface area contributed by atoms with Gasteiger partial charge < -0.3 is 31.1 Å². The van der Waals surface area contributed by atoms with Crippen molar-refractivity contribution in [3.63, 3.8) is 0 Å². The number of primary amides is 1. The van der Waals surface area contributed by atoms with Gasteiger partial charge in [0.05, 0.1) is 16.9 Å². The molecule has 12 heteroatoms. The number of sulfone groups is 1. The van der Waals surface area contributed by atoms with Crippen LogP contribution in [0, 0.1) is 23.7 Å². The second-order valence-electron chi connectivity index (χ2n) is 10.1. The van der Waals surface area contributed by atoms with E-state index in [2.05, 4.69) is 11.8 Å². The molecule has 0 unspecified atom stereocenters. The number of phenols is 1. The lowest BCUT2D eigenvalue weighted by Gasteiger charge is -2.46. The van der Waals surface area contributed by atoms with Gasteiger partial charge in [0, 0.05) is 50.4 Å². The summed E-state index contributed by atoms with van der Waals surface area (Å²) in [6, 6.07) is 1.60. The number of phenolic OH excluding ortho intramolecular Hbond substituents is 1. The van der Waals surface area contributed by atoms with Gasteiger partial charge in [-0.3, -0.25) is 14.4 Å². The smallest absolute Gasteiger partial charge is 0.255 e. The third-order valence-electron chi connectivity index (χ3n) is 7.34. The average molecular weight is 545 g/mol. The van der Waals surface area contributed by atoms with Gasteiger partial charge in [-0.15, -0.1) is 0 Å². The Labute approximate surface area is 219 Å². The van der Waals surface area contributed by atoms with Crippen molar-refractivity contribution in [2.45, 2.75) is 31.3 Å². The zero-order valence-electron chi connectivity index (χ0n) is 21.0. The maximum absolute atomic E-state index is 13.6. The summed E-state index contributed by atoms with van der Waals surface area (Å²) in [5, 5.41) is 44.4. The summed E-state index contributed by atoms with van der Waals surface area (Å²) in [5.74, 6) is -1.79. The van der Waals surface area contributed by atoms with Crippen LogP contribution in [0.5, 0.6) is 5.75 Å². The normalized spacial score (nSPS) is 24.7. The Morgan fingerprint density at radius 2 is 1.87 bits per heavy atom. The molecule has 0 heterocycles. The molecule has 0 spiro atoms. The van der Waals surface area contributed by atoms with E-state index in [4.69, 9.17) is 5.73 Å². The van der Waals surface area contributed by atoms with E-state index >= 15 is 0 Å². The predicted octanol–water partition coefficient (Wildman–Crippen LogP) is 0.276. The number of fused-ring (bicyclic) bond motifs is 3. The van der Waals surface area contributed by atoms with Crippen molar-refractivity contribution in [1.29, 1.82) is 0 Å². The largest absolute Gasteiger partial charge is 0.508 e. The van der Waals surface area contributed by atoms with Crippen LogP contribution in [0.1, 0.15) is 36.0 Å². The van der Waals surface area contributed by atoms with E-state index in [0.717, 1.165) is 6.26 Å². The quantitative estimate of drug-likeness (QED) is 0.259. The Kier molecular flexibility index (Phi) is 6.58. The fourth-order valence-electron chi connectivity index (χ4n) is 5.56. The minimum absolute atomic E-state index is 0.0151. The fraction of sp³-hybridized carbons (Fsp3) is 0.423. The van der Waals surface area contributed by atoms with E-state index in [9.17, 15) is 43.2 Å². The monoisotopic (exact) mass is 544 g/mol. The maximum Gasteiger partial charge on any atom is 0.255 e. The Hall–Kier alpha value is -3.82. The van der Waals surface area contributed by atoms with Gasteiger partial charge >= 0.3 is 0 Å². The first-order valence-corrected chi connectivity index (χ1v) is 13.9. The van der Waals surface area contributed by atoms with E-state index in [0.29, 0.717) is 11.3 Å². The lowest BCUT2D eigenvalue weighted by Crippen LogP contribution is -2.58. The first-order valence-electron chi connectivity index (χ1n) is 11.8. The lowest BCUT2D eigenvalue weighted by atomic mass is 9.59. The molecule has 1 amide bonds. The van der Waals surface area contributed by atoms with Crippen molar-refractivity contribution >= 4 is 38.8 Å². The number of carbonyl (C=O) groups excluding carboxylic acids is 3. The Morgan fingerprint density at radius 1 is 1.21 bits per heavy atom. The van der Waals surface area contributed by atoms with Crippen LogP contribution in [0.2, 0.25) is 0 Å². The molecule has 11 nitrogen and oxygen atoms in total. The molecule has 0 aromatic heterocycles. The number of nitrogens with zero attached hydrogens (tertiary/aromatic N) is 1. The van der Waals surface area contributed by atoms with Gasteiger partial charge in [-0.05, 0) is 30.4 Å². The highest BCUT2D eigenvalue weighted by Gasteiger charge is 2.60. The van der Waals surface area contributed by atoms with Crippen LogP contribution in [0.3, 0.4) is 0 Å². The van der Waals surface area contributed by atoms with Gasteiger partial charge in [-0.1, -0.05) is 11.8 Å². The van der Waals surface area contributed by atoms with Crippen LogP contribution >= 0.6 is 0 Å². The van der Waals surface area contributed by atoms with Gasteiger partial charge in [0.2, 0.25) is 5.78 Å². The Bertz CT molecular complexity index is 1530. The molecule has 0 radical (unpaired) electrons. The van der Waals surface area contributed by atoms with Crippen LogP contribution in [0.4, 0.5) is 5.69 Å². The summed E-state index contributed by atoms with van der Waals surface area (Å²) >= 11 is 0. The molecule has 0 bridgehead atoms. The SMILES string of the molecule is CN(C)c1cc(C#CCCS(C)(=O)=O)c(O)c2c1C[C@H]1C[C@H]3CC(=O)C(C(N)=O)=C(O)[C@@]3(O)C(=O)C1=C2O. The lowest BCUT2D eigenvalue weighted by molar-refractivity contribution is -0.147. The third kappa shape index (κ3) is 4.21. The van der Waals surface area contributed by atoms with Gasteiger partial charge in [-0.25, -0.2) is 8.42 Å². The van der Waals surface area contributed by atoms with Crippen LogP contribution < -0.4 is 10.6 Å². The number of rotatable bonds is 4. The number of amides is 1. The summed E-state index contributed by atoms with van der Waals surface area (Å²) < 4.78 is 22.8. The summed E-state index contributed by atoms with van der Waals surface area (Å²) in [7, 11) is 0.236. The van der Waals surface area contributed by atoms with Crippen molar-refractivity contribution in [2.75, 3.05) is 31.0 Å². The Balaban J connectivity index is 1.89. The molecule has 4 rings (SSSR count). The molecular formula is C26H28N2O9S. The standard InChI is InChI=1S/C26H28N2O9S/c1-28(2)16-10-12(6-4-5-7-38(3,36)37)21(30)19-15(16)9-13-8-14-11-17(29)20(25(27)34)24(33)26(14,35)23(32)18(13)22(19)31/h10,13-14,30-31,33,35H,5,7-9,11H2,1-3H3,(H2,27,34)/t13-,14+,26+/m1/s1. The first-order chi connectivity index (χ1) is 17.6. The van der Waals surface area contributed by atoms with Crippen LogP contribution in [-0.4, -0.2) is 78.0 Å². The van der Waals surface area contributed by atoms with E-state index in [1.54, 1.807) is 25.1 Å². The molecule has 1 fully saturated rings. The number of aromatic hydroxyl groups is 1. The zero-order valence-corrected chi connectivity index (χ0v) is 21.8. The predicted molar refractivity (Wildman–Crippen MR) is 137 cm³/mol. The van der Waals surface area contributed by atoms with Crippen molar-refractivity contribution in [3.05, 3.63) is 39.7 Å².